The lowest BCUT2D eigenvalue weighted by atomic mass is 10.1. The maximum Gasteiger partial charge on any atom is 0.174 e. The summed E-state index contributed by atoms with van der Waals surface area (Å²) < 4.78 is 0. The van der Waals surface area contributed by atoms with Crippen LogP contribution in [0.1, 0.15) is 22.3 Å². The average Bonchev–Trinajstić information content (AvgIpc) is 2.68. The number of fused-ring (bicyclic) bond motifs is 1. The molecule has 4 rings (SSSR count). The van der Waals surface area contributed by atoms with E-state index >= 15 is 0 Å². The third kappa shape index (κ3) is 3.67. The highest BCUT2D eigenvalue weighted by molar-refractivity contribution is 5.83. The minimum atomic E-state index is 0.709. The molecule has 0 aliphatic rings. The predicted molar refractivity (Wildman–Crippen MR) is 118 cm³/mol. The minimum Gasteiger partial charge on any atom is -0.337 e. The first kappa shape index (κ1) is 18.0. The van der Waals surface area contributed by atoms with Crippen LogP contribution in [0.5, 0.6) is 0 Å². The number of nitrogens with one attached hydrogen (secondary N) is 2. The van der Waals surface area contributed by atoms with Gasteiger partial charge in [-0.05, 0) is 86.3 Å². The molecule has 4 nitrogen and oxygen atoms in total. The van der Waals surface area contributed by atoms with E-state index in [9.17, 15) is 0 Å². The smallest absolute Gasteiger partial charge is 0.174 e. The second-order valence-electron chi connectivity index (χ2n) is 7.26. The Morgan fingerprint density at radius 3 is 1.36 bits per heavy atom. The van der Waals surface area contributed by atoms with Gasteiger partial charge in [0.15, 0.2) is 11.6 Å². The van der Waals surface area contributed by atoms with Gasteiger partial charge in [0.2, 0.25) is 0 Å². The number of hydrogen-bond acceptors (Lipinski definition) is 4. The van der Waals surface area contributed by atoms with Gasteiger partial charge in [-0.1, -0.05) is 24.3 Å². The van der Waals surface area contributed by atoms with Crippen LogP contribution in [0.3, 0.4) is 0 Å². The van der Waals surface area contributed by atoms with Crippen LogP contribution < -0.4 is 10.6 Å². The monoisotopic (exact) mass is 368 g/mol. The molecule has 0 aliphatic heterocycles. The number of nitrogens with zero attached hydrogens (tertiary/aromatic N) is 2. The molecule has 2 N–H and O–H groups in total. The highest BCUT2D eigenvalue weighted by atomic mass is 15.1. The Bertz CT molecular complexity index is 1070. The summed E-state index contributed by atoms with van der Waals surface area (Å²) in [6.45, 7) is 8.45. The predicted octanol–water partition coefficient (Wildman–Crippen LogP) is 6.35. The quantitative estimate of drug-likeness (QED) is 0.440. The van der Waals surface area contributed by atoms with Crippen molar-refractivity contribution in [3.05, 3.63) is 82.9 Å². The Kier molecular flexibility index (Phi) is 4.70. The Balaban J connectivity index is 1.77. The lowest BCUT2D eigenvalue weighted by Crippen LogP contribution is -2.04. The number of para-hydroxylation sites is 2. The molecular weight excluding hydrogens is 344 g/mol. The second kappa shape index (κ2) is 7.31. The molecular formula is C24H24N4. The van der Waals surface area contributed by atoms with Crippen LogP contribution in [0.4, 0.5) is 23.0 Å². The molecule has 0 saturated heterocycles. The molecule has 1 aromatic heterocycles. The van der Waals surface area contributed by atoms with E-state index in [1.165, 1.54) is 22.3 Å². The van der Waals surface area contributed by atoms with E-state index in [1.54, 1.807) is 0 Å². The molecule has 0 atom stereocenters. The van der Waals surface area contributed by atoms with Gasteiger partial charge < -0.3 is 10.6 Å². The number of aryl methyl sites for hydroxylation is 4. The van der Waals surface area contributed by atoms with Gasteiger partial charge in [0, 0.05) is 11.4 Å². The molecule has 0 bridgehead atoms. The summed E-state index contributed by atoms with van der Waals surface area (Å²) in [6.07, 6.45) is 0. The summed E-state index contributed by atoms with van der Waals surface area (Å²) in [7, 11) is 0. The van der Waals surface area contributed by atoms with Crippen molar-refractivity contribution in [1.29, 1.82) is 0 Å². The third-order valence-corrected chi connectivity index (χ3v) is 5.11. The Hall–Kier alpha value is -3.40. The Labute approximate surface area is 165 Å². The van der Waals surface area contributed by atoms with Crippen LogP contribution >= 0.6 is 0 Å². The summed E-state index contributed by atoms with van der Waals surface area (Å²) in [6, 6.07) is 20.5. The first-order valence-electron chi connectivity index (χ1n) is 9.45. The lowest BCUT2D eigenvalue weighted by Gasteiger charge is -2.15. The zero-order valence-corrected chi connectivity index (χ0v) is 16.7. The van der Waals surface area contributed by atoms with Crippen molar-refractivity contribution < 1.29 is 0 Å². The lowest BCUT2D eigenvalue weighted by molar-refractivity contribution is 1.26. The van der Waals surface area contributed by atoms with Crippen molar-refractivity contribution >= 4 is 34.0 Å². The summed E-state index contributed by atoms with van der Waals surface area (Å²) >= 11 is 0. The van der Waals surface area contributed by atoms with Gasteiger partial charge in [-0.15, -0.1) is 0 Å². The number of anilines is 4. The minimum absolute atomic E-state index is 0.709. The molecule has 0 unspecified atom stereocenters. The van der Waals surface area contributed by atoms with E-state index in [-0.39, 0.29) is 0 Å². The van der Waals surface area contributed by atoms with Gasteiger partial charge in [-0.25, -0.2) is 9.97 Å². The first-order chi connectivity index (χ1) is 13.5. The summed E-state index contributed by atoms with van der Waals surface area (Å²) in [4.78, 5) is 9.65. The zero-order chi connectivity index (χ0) is 19.7. The van der Waals surface area contributed by atoms with E-state index in [0.717, 1.165) is 22.4 Å². The molecule has 4 aromatic rings. The highest BCUT2D eigenvalue weighted by Gasteiger charge is 2.11. The molecule has 0 spiro atoms. The van der Waals surface area contributed by atoms with Crippen LogP contribution in [0.2, 0.25) is 0 Å². The van der Waals surface area contributed by atoms with E-state index in [4.69, 9.17) is 9.97 Å². The highest BCUT2D eigenvalue weighted by Crippen LogP contribution is 2.29. The Morgan fingerprint density at radius 2 is 0.964 bits per heavy atom. The average molecular weight is 368 g/mol. The van der Waals surface area contributed by atoms with E-state index in [2.05, 4.69) is 74.7 Å². The molecule has 0 aliphatic carbocycles. The van der Waals surface area contributed by atoms with Crippen LogP contribution in [0.15, 0.2) is 60.7 Å². The molecule has 1 heterocycles. The Morgan fingerprint density at radius 1 is 0.536 bits per heavy atom. The van der Waals surface area contributed by atoms with Crippen molar-refractivity contribution in [3.8, 4) is 0 Å². The van der Waals surface area contributed by atoms with Crippen molar-refractivity contribution in [2.24, 2.45) is 0 Å². The largest absolute Gasteiger partial charge is 0.337 e. The molecule has 0 amide bonds. The fraction of sp³-hybridized carbons (Fsp3) is 0.167. The van der Waals surface area contributed by atoms with E-state index < -0.39 is 0 Å². The van der Waals surface area contributed by atoms with Crippen LogP contribution in [0.25, 0.3) is 11.0 Å². The van der Waals surface area contributed by atoms with Crippen LogP contribution in [-0.2, 0) is 0 Å². The standard InChI is InChI=1S/C24H24N4/c1-15-9-11-19(13-17(15)3)25-23-24(26-20-12-10-16(2)18(4)14-20)28-22-8-6-5-7-21(22)27-23/h5-14H,1-4H3,(H,25,27)(H,26,28). The van der Waals surface area contributed by atoms with Gasteiger partial charge >= 0.3 is 0 Å². The normalized spacial score (nSPS) is 10.9. The maximum atomic E-state index is 4.82. The van der Waals surface area contributed by atoms with Crippen molar-refractivity contribution in [3.63, 3.8) is 0 Å². The number of benzene rings is 3. The first-order valence-corrected chi connectivity index (χ1v) is 9.45. The fourth-order valence-corrected chi connectivity index (χ4v) is 3.09. The number of aromatic nitrogens is 2. The molecule has 3 aromatic carbocycles. The topological polar surface area (TPSA) is 49.8 Å². The molecule has 0 saturated carbocycles. The van der Waals surface area contributed by atoms with E-state index in [1.807, 2.05) is 24.3 Å². The summed E-state index contributed by atoms with van der Waals surface area (Å²) in [5.74, 6) is 1.42. The molecule has 4 heteroatoms. The van der Waals surface area contributed by atoms with Gasteiger partial charge in [-0.3, -0.25) is 0 Å². The van der Waals surface area contributed by atoms with Crippen LogP contribution in [0, 0.1) is 27.7 Å². The van der Waals surface area contributed by atoms with Crippen LogP contribution in [-0.4, -0.2) is 9.97 Å². The zero-order valence-electron chi connectivity index (χ0n) is 16.7. The summed E-state index contributed by atoms with van der Waals surface area (Å²) in [5.41, 5.74) is 8.72. The molecule has 0 fully saturated rings. The van der Waals surface area contributed by atoms with Crippen molar-refractivity contribution in [1.82, 2.24) is 9.97 Å². The van der Waals surface area contributed by atoms with Crippen molar-refractivity contribution in [2.75, 3.05) is 10.6 Å². The van der Waals surface area contributed by atoms with Gasteiger partial charge in [0.1, 0.15) is 0 Å². The fourth-order valence-electron chi connectivity index (χ4n) is 3.09. The molecule has 140 valence electrons. The van der Waals surface area contributed by atoms with Gasteiger partial charge in [-0.2, -0.15) is 0 Å². The summed E-state index contributed by atoms with van der Waals surface area (Å²) in [5, 5.41) is 6.89. The number of hydrogen-bond donors (Lipinski definition) is 2. The van der Waals surface area contributed by atoms with Gasteiger partial charge in [0.05, 0.1) is 11.0 Å². The number of rotatable bonds is 4. The van der Waals surface area contributed by atoms with E-state index in [0.29, 0.717) is 11.6 Å². The molecule has 28 heavy (non-hydrogen) atoms. The van der Waals surface area contributed by atoms with Gasteiger partial charge in [0.25, 0.3) is 0 Å². The molecule has 0 radical (unpaired) electrons. The SMILES string of the molecule is Cc1ccc(Nc2nc3ccccc3nc2Nc2ccc(C)c(C)c2)cc1C. The van der Waals surface area contributed by atoms with Crippen molar-refractivity contribution in [2.45, 2.75) is 27.7 Å². The maximum absolute atomic E-state index is 4.82. The third-order valence-electron chi connectivity index (χ3n) is 5.11. The second-order valence-corrected chi connectivity index (χ2v) is 7.26.